The first-order valence-corrected chi connectivity index (χ1v) is 12.2. The van der Waals surface area contributed by atoms with Crippen molar-refractivity contribution in [3.05, 3.63) is 52.8 Å². The molecule has 1 saturated heterocycles. The number of fused-ring (bicyclic) bond motifs is 2. The molecule has 10 nitrogen and oxygen atoms in total. The standard InChI is InChI=1S/C25H31N9O/c1-5-18-15-33(21-13-24(35)30(4)22-16-31(12-9-26)29-25(21)22)19(6-2)14-32(18)17(3)20-8-11-34-23(28-20)7-10-27-34/h7-8,10-11,13,16-19H,5-6,12,14-15H2,1-4H3/t17-,18-,19+/m1/s1. The fraction of sp³-hybridized carbons (Fsp3) is 0.480. The minimum atomic E-state index is -0.0685. The zero-order chi connectivity index (χ0) is 24.7. The maximum atomic E-state index is 12.9. The number of aromatic nitrogens is 6. The first-order valence-electron chi connectivity index (χ1n) is 12.2. The number of aryl methyl sites for hydroxylation is 1. The van der Waals surface area contributed by atoms with E-state index in [4.69, 9.17) is 10.2 Å². The van der Waals surface area contributed by atoms with Gasteiger partial charge in [-0.05, 0) is 25.8 Å². The van der Waals surface area contributed by atoms with Gasteiger partial charge in [-0.3, -0.25) is 14.4 Å². The lowest BCUT2D eigenvalue weighted by Gasteiger charge is -2.49. The fourth-order valence-electron chi connectivity index (χ4n) is 5.30. The van der Waals surface area contributed by atoms with Gasteiger partial charge in [0.2, 0.25) is 0 Å². The quantitative estimate of drug-likeness (QED) is 0.424. The largest absolute Gasteiger partial charge is 0.364 e. The third-order valence-electron chi connectivity index (χ3n) is 7.37. The van der Waals surface area contributed by atoms with Gasteiger partial charge in [-0.2, -0.15) is 15.5 Å². The molecular formula is C25H31N9O. The van der Waals surface area contributed by atoms with Gasteiger partial charge in [0.05, 0.1) is 35.4 Å². The van der Waals surface area contributed by atoms with E-state index in [2.05, 4.69) is 52.9 Å². The highest BCUT2D eigenvalue weighted by molar-refractivity contribution is 5.88. The third kappa shape index (κ3) is 3.96. The molecule has 0 saturated carbocycles. The van der Waals surface area contributed by atoms with Crippen LogP contribution in [0.25, 0.3) is 16.7 Å². The van der Waals surface area contributed by atoms with E-state index < -0.39 is 0 Å². The molecule has 5 heterocycles. The molecule has 5 rings (SSSR count). The topological polar surface area (TPSA) is 100 Å². The Labute approximate surface area is 204 Å². The van der Waals surface area contributed by atoms with Crippen LogP contribution in [0.5, 0.6) is 0 Å². The molecule has 0 radical (unpaired) electrons. The van der Waals surface area contributed by atoms with E-state index >= 15 is 0 Å². The molecule has 0 aliphatic carbocycles. The first kappa shape index (κ1) is 23.1. The van der Waals surface area contributed by atoms with Crippen molar-refractivity contribution in [1.29, 1.82) is 5.26 Å². The van der Waals surface area contributed by atoms with Crippen LogP contribution < -0.4 is 10.5 Å². The summed E-state index contributed by atoms with van der Waals surface area (Å²) in [6.07, 6.45) is 7.43. The number of nitrogens with zero attached hydrogens (tertiary/aromatic N) is 9. The van der Waals surface area contributed by atoms with E-state index in [0.29, 0.717) is 0 Å². The molecule has 1 fully saturated rings. The summed E-state index contributed by atoms with van der Waals surface area (Å²) >= 11 is 0. The Morgan fingerprint density at radius 3 is 2.74 bits per heavy atom. The summed E-state index contributed by atoms with van der Waals surface area (Å²) in [7, 11) is 1.75. The number of rotatable bonds is 6. The molecule has 0 bridgehead atoms. The monoisotopic (exact) mass is 473 g/mol. The zero-order valence-corrected chi connectivity index (χ0v) is 20.7. The summed E-state index contributed by atoms with van der Waals surface area (Å²) < 4.78 is 5.00. The van der Waals surface area contributed by atoms with Gasteiger partial charge in [-0.25, -0.2) is 9.50 Å². The molecule has 182 valence electrons. The van der Waals surface area contributed by atoms with Gasteiger partial charge >= 0.3 is 0 Å². The second-order valence-electron chi connectivity index (χ2n) is 9.28. The molecule has 35 heavy (non-hydrogen) atoms. The lowest BCUT2D eigenvalue weighted by molar-refractivity contribution is 0.0992. The maximum absolute atomic E-state index is 12.9. The van der Waals surface area contributed by atoms with Crippen molar-refractivity contribution in [1.82, 2.24) is 33.8 Å². The lowest BCUT2D eigenvalue weighted by atomic mass is 9.98. The number of hydrogen-bond acceptors (Lipinski definition) is 7. The SMILES string of the molecule is CC[C@H]1CN([C@H](C)c2ccn3nccc3n2)[C@H](CC)CN1c1cc(=O)n(C)c2cn(CC#N)nc12. The summed E-state index contributed by atoms with van der Waals surface area (Å²) in [4.78, 5) is 22.6. The van der Waals surface area contributed by atoms with Crippen LogP contribution in [0.1, 0.15) is 45.3 Å². The van der Waals surface area contributed by atoms with Gasteiger partial charge in [-0.1, -0.05) is 13.8 Å². The highest BCUT2D eigenvalue weighted by atomic mass is 16.1. The molecule has 0 aromatic carbocycles. The Kier molecular flexibility index (Phi) is 6.03. The fourth-order valence-corrected chi connectivity index (χ4v) is 5.30. The van der Waals surface area contributed by atoms with E-state index in [1.165, 1.54) is 0 Å². The lowest BCUT2D eigenvalue weighted by Crippen LogP contribution is -2.59. The van der Waals surface area contributed by atoms with Gasteiger partial charge < -0.3 is 9.47 Å². The van der Waals surface area contributed by atoms with Crippen LogP contribution >= 0.6 is 0 Å². The van der Waals surface area contributed by atoms with Crippen molar-refractivity contribution in [2.75, 3.05) is 18.0 Å². The van der Waals surface area contributed by atoms with Gasteiger partial charge in [-0.15, -0.1) is 0 Å². The highest BCUT2D eigenvalue weighted by Crippen LogP contribution is 2.34. The zero-order valence-electron chi connectivity index (χ0n) is 20.7. The van der Waals surface area contributed by atoms with Crippen LogP contribution in [0.3, 0.4) is 0 Å². The predicted molar refractivity (Wildman–Crippen MR) is 134 cm³/mol. The van der Waals surface area contributed by atoms with Gasteiger partial charge in [0.15, 0.2) is 5.65 Å². The Bertz CT molecular complexity index is 1460. The second-order valence-corrected chi connectivity index (χ2v) is 9.28. The van der Waals surface area contributed by atoms with Crippen molar-refractivity contribution < 1.29 is 0 Å². The van der Waals surface area contributed by atoms with Gasteiger partial charge in [0, 0.05) is 56.6 Å². The molecule has 10 heteroatoms. The molecular weight excluding hydrogens is 442 g/mol. The minimum absolute atomic E-state index is 0.0685. The van der Waals surface area contributed by atoms with Crippen LogP contribution in [-0.4, -0.2) is 59.0 Å². The van der Waals surface area contributed by atoms with Crippen molar-refractivity contribution in [3.8, 4) is 6.07 Å². The second kappa shape index (κ2) is 9.15. The first-order chi connectivity index (χ1) is 16.9. The average molecular weight is 474 g/mol. The summed E-state index contributed by atoms with van der Waals surface area (Å²) in [5.74, 6) is 0. The maximum Gasteiger partial charge on any atom is 0.252 e. The Hall–Kier alpha value is -3.71. The smallest absolute Gasteiger partial charge is 0.252 e. The highest BCUT2D eigenvalue weighted by Gasteiger charge is 2.36. The van der Waals surface area contributed by atoms with Crippen LogP contribution in [0.4, 0.5) is 5.69 Å². The molecule has 0 amide bonds. The van der Waals surface area contributed by atoms with Crippen molar-refractivity contribution in [2.45, 2.75) is 58.3 Å². The average Bonchev–Trinajstić information content (AvgIpc) is 3.52. The van der Waals surface area contributed by atoms with Gasteiger partial charge in [0.25, 0.3) is 5.56 Å². The number of nitriles is 1. The van der Waals surface area contributed by atoms with Gasteiger partial charge in [0.1, 0.15) is 12.1 Å². The Morgan fingerprint density at radius 1 is 1.20 bits per heavy atom. The number of anilines is 1. The number of pyridine rings is 1. The van der Waals surface area contributed by atoms with Crippen LogP contribution in [0, 0.1) is 11.3 Å². The van der Waals surface area contributed by atoms with Crippen molar-refractivity contribution in [2.24, 2.45) is 7.05 Å². The predicted octanol–water partition coefficient (Wildman–Crippen LogP) is 2.74. The molecule has 3 atom stereocenters. The molecule has 4 aromatic heterocycles. The summed E-state index contributed by atoms with van der Waals surface area (Å²) in [5, 5.41) is 18.1. The Morgan fingerprint density at radius 2 is 2.00 bits per heavy atom. The summed E-state index contributed by atoms with van der Waals surface area (Å²) in [5.41, 5.74) is 4.19. The third-order valence-corrected chi connectivity index (χ3v) is 7.37. The van der Waals surface area contributed by atoms with E-state index in [0.717, 1.165) is 54.0 Å². The van der Waals surface area contributed by atoms with Crippen molar-refractivity contribution in [3.63, 3.8) is 0 Å². The Balaban J connectivity index is 1.51. The summed E-state index contributed by atoms with van der Waals surface area (Å²) in [6.45, 7) is 8.43. The van der Waals surface area contributed by atoms with Crippen molar-refractivity contribution >= 4 is 22.4 Å². The van der Waals surface area contributed by atoms with E-state index in [9.17, 15) is 4.79 Å². The van der Waals surface area contributed by atoms with E-state index in [1.54, 1.807) is 39.3 Å². The van der Waals surface area contributed by atoms with E-state index in [-0.39, 0.29) is 30.2 Å². The van der Waals surface area contributed by atoms with Crippen LogP contribution in [-0.2, 0) is 13.6 Å². The molecule has 0 unspecified atom stereocenters. The number of piperazine rings is 1. The van der Waals surface area contributed by atoms with E-state index in [1.807, 2.05) is 12.3 Å². The minimum Gasteiger partial charge on any atom is -0.364 e. The molecule has 0 spiro atoms. The van der Waals surface area contributed by atoms with Crippen LogP contribution in [0.15, 0.2) is 41.6 Å². The number of hydrogen-bond donors (Lipinski definition) is 0. The molecule has 0 N–H and O–H groups in total. The molecule has 4 aromatic rings. The normalized spacial score (nSPS) is 19.9. The summed E-state index contributed by atoms with van der Waals surface area (Å²) in [6, 6.07) is 8.47. The molecule has 1 aliphatic heterocycles. The molecule has 1 aliphatic rings. The van der Waals surface area contributed by atoms with Crippen LogP contribution in [0.2, 0.25) is 0 Å².